The van der Waals surface area contributed by atoms with Crippen LogP contribution in [0.15, 0.2) is 11.7 Å². The van der Waals surface area contributed by atoms with Crippen LogP contribution in [0.2, 0.25) is 19.6 Å². The van der Waals surface area contributed by atoms with Crippen LogP contribution >= 0.6 is 0 Å². The predicted molar refractivity (Wildman–Crippen MR) is 51.1 cm³/mol. The van der Waals surface area contributed by atoms with E-state index in [0.717, 1.165) is 5.76 Å². The molecule has 0 aliphatic rings. The maximum Gasteiger partial charge on any atom is 0.316 e. The Bertz CT molecular complexity index is 164. The lowest BCUT2D eigenvalue weighted by Crippen LogP contribution is -2.25. The Morgan fingerprint density at radius 2 is 1.42 bits per heavy atom. The summed E-state index contributed by atoms with van der Waals surface area (Å²) in [4.78, 5) is 0. The normalized spacial score (nSPS) is 10.5. The van der Waals surface area contributed by atoms with E-state index in [1.807, 2.05) is 6.92 Å². The summed E-state index contributed by atoms with van der Waals surface area (Å²) < 4.78 is 15.6. The second kappa shape index (κ2) is 4.40. The number of hydrogen-bond donors (Lipinski definition) is 0. The van der Waals surface area contributed by atoms with Gasteiger partial charge in [-0.25, -0.2) is 0 Å². The van der Waals surface area contributed by atoms with Crippen LogP contribution in [0.1, 0.15) is 6.92 Å². The summed E-state index contributed by atoms with van der Waals surface area (Å²) in [7, 11) is 1.60. The molecule has 0 saturated heterocycles. The van der Waals surface area contributed by atoms with Crippen molar-refractivity contribution in [1.82, 2.24) is 0 Å². The van der Waals surface area contributed by atoms with Crippen LogP contribution in [0.3, 0.4) is 0 Å². The second-order valence-electron chi connectivity index (χ2n) is 3.47. The van der Waals surface area contributed by atoms with Gasteiger partial charge in [0.1, 0.15) is 0 Å². The molecular formula is C8H18O3Si. The van der Waals surface area contributed by atoms with Gasteiger partial charge in [0, 0.05) is 0 Å². The second-order valence-corrected chi connectivity index (χ2v) is 7.90. The van der Waals surface area contributed by atoms with Crippen LogP contribution in [-0.4, -0.2) is 22.5 Å². The summed E-state index contributed by atoms with van der Waals surface area (Å²) in [5.41, 5.74) is 0. The standard InChI is InChI=1S/C8H18O3Si/c1-7(8(9-2)10-3)11-12(4,5)6/h1-6H3. The van der Waals surface area contributed by atoms with Crippen molar-refractivity contribution in [3.05, 3.63) is 11.7 Å². The molecule has 12 heavy (non-hydrogen) atoms. The van der Waals surface area contributed by atoms with Crippen molar-refractivity contribution >= 4 is 8.32 Å². The molecule has 0 rings (SSSR count). The van der Waals surface area contributed by atoms with E-state index in [0.29, 0.717) is 5.95 Å². The molecule has 0 amide bonds. The molecule has 0 radical (unpaired) electrons. The summed E-state index contributed by atoms with van der Waals surface area (Å²) in [6, 6.07) is 0. The summed E-state index contributed by atoms with van der Waals surface area (Å²) in [6.45, 7) is 8.18. The van der Waals surface area contributed by atoms with Crippen molar-refractivity contribution in [3.8, 4) is 0 Å². The van der Waals surface area contributed by atoms with E-state index in [-0.39, 0.29) is 0 Å². The third kappa shape index (κ3) is 4.28. The third-order valence-electron chi connectivity index (χ3n) is 1.12. The highest BCUT2D eigenvalue weighted by Crippen LogP contribution is 2.14. The molecular weight excluding hydrogens is 172 g/mol. The number of rotatable bonds is 4. The minimum Gasteiger partial charge on any atom is -0.543 e. The van der Waals surface area contributed by atoms with Crippen LogP contribution in [-0.2, 0) is 13.9 Å². The summed E-state index contributed by atoms with van der Waals surface area (Å²) in [5, 5.41) is 0. The van der Waals surface area contributed by atoms with E-state index in [4.69, 9.17) is 13.9 Å². The lowest BCUT2D eigenvalue weighted by molar-refractivity contribution is 0.0774. The molecule has 72 valence electrons. The van der Waals surface area contributed by atoms with Gasteiger partial charge in [0.05, 0.1) is 14.2 Å². The molecule has 0 aromatic carbocycles. The number of methoxy groups -OCH3 is 2. The Balaban J connectivity index is 4.34. The van der Waals surface area contributed by atoms with Crippen LogP contribution < -0.4 is 0 Å². The molecule has 0 saturated carbocycles. The van der Waals surface area contributed by atoms with Crippen LogP contribution in [0.4, 0.5) is 0 Å². The van der Waals surface area contributed by atoms with Gasteiger partial charge >= 0.3 is 5.95 Å². The largest absolute Gasteiger partial charge is 0.543 e. The quantitative estimate of drug-likeness (QED) is 0.503. The van der Waals surface area contributed by atoms with Gasteiger partial charge in [0.15, 0.2) is 5.76 Å². The molecule has 0 atom stereocenters. The molecule has 0 unspecified atom stereocenters. The van der Waals surface area contributed by atoms with Crippen molar-refractivity contribution in [3.63, 3.8) is 0 Å². The SMILES string of the molecule is COC(OC)=C(C)O[Si](C)(C)C. The molecule has 0 aliphatic carbocycles. The Morgan fingerprint density at radius 3 is 1.67 bits per heavy atom. The first-order chi connectivity index (χ1) is 5.40. The Hall–Kier alpha value is -0.643. The topological polar surface area (TPSA) is 27.7 Å². The smallest absolute Gasteiger partial charge is 0.316 e. The Morgan fingerprint density at radius 1 is 1.00 bits per heavy atom. The van der Waals surface area contributed by atoms with Crippen LogP contribution in [0.25, 0.3) is 0 Å². The van der Waals surface area contributed by atoms with E-state index in [1.165, 1.54) is 0 Å². The minimum absolute atomic E-state index is 0.456. The summed E-state index contributed by atoms with van der Waals surface area (Å²) in [5.74, 6) is 1.18. The van der Waals surface area contributed by atoms with Gasteiger partial charge in [-0.15, -0.1) is 0 Å². The van der Waals surface area contributed by atoms with Gasteiger partial charge in [0.25, 0.3) is 0 Å². The summed E-state index contributed by atoms with van der Waals surface area (Å²) >= 11 is 0. The maximum atomic E-state index is 5.65. The van der Waals surface area contributed by atoms with Gasteiger partial charge in [-0.05, 0) is 26.6 Å². The average Bonchev–Trinajstić information content (AvgIpc) is 1.85. The first-order valence-corrected chi connectivity index (χ1v) is 7.29. The number of allylic oxidation sites excluding steroid dienone is 1. The molecule has 0 aromatic heterocycles. The molecule has 0 aliphatic heterocycles. The Kier molecular flexibility index (Phi) is 4.16. The minimum atomic E-state index is -1.53. The highest BCUT2D eigenvalue weighted by Gasteiger charge is 2.18. The molecule has 3 nitrogen and oxygen atoms in total. The Labute approximate surface area is 75.4 Å². The van der Waals surface area contributed by atoms with E-state index in [9.17, 15) is 0 Å². The third-order valence-corrected chi connectivity index (χ3v) is 2.04. The van der Waals surface area contributed by atoms with E-state index in [1.54, 1.807) is 14.2 Å². The van der Waals surface area contributed by atoms with Crippen LogP contribution in [0.5, 0.6) is 0 Å². The molecule has 0 aromatic rings. The molecule has 0 heterocycles. The van der Waals surface area contributed by atoms with E-state index >= 15 is 0 Å². The van der Waals surface area contributed by atoms with Crippen molar-refractivity contribution < 1.29 is 13.9 Å². The molecule has 0 bridgehead atoms. The fraction of sp³-hybridized carbons (Fsp3) is 0.750. The van der Waals surface area contributed by atoms with Crippen molar-refractivity contribution in [1.29, 1.82) is 0 Å². The van der Waals surface area contributed by atoms with Gasteiger partial charge < -0.3 is 13.9 Å². The highest BCUT2D eigenvalue weighted by atomic mass is 28.4. The van der Waals surface area contributed by atoms with Crippen LogP contribution in [0, 0.1) is 0 Å². The first kappa shape index (κ1) is 11.4. The molecule has 0 spiro atoms. The first-order valence-electron chi connectivity index (χ1n) is 3.88. The lowest BCUT2D eigenvalue weighted by atomic mass is 10.6. The number of hydrogen-bond acceptors (Lipinski definition) is 3. The molecule has 4 heteroatoms. The summed E-state index contributed by atoms with van der Waals surface area (Å²) in [6.07, 6.45) is 0. The van der Waals surface area contributed by atoms with Gasteiger partial charge in [-0.3, -0.25) is 0 Å². The zero-order valence-corrected chi connectivity index (χ0v) is 9.72. The zero-order valence-electron chi connectivity index (χ0n) is 8.72. The van der Waals surface area contributed by atoms with Gasteiger partial charge in [0.2, 0.25) is 8.32 Å². The fourth-order valence-electron chi connectivity index (χ4n) is 0.872. The molecule has 0 fully saturated rings. The van der Waals surface area contributed by atoms with Gasteiger partial charge in [-0.1, -0.05) is 0 Å². The predicted octanol–water partition coefficient (Wildman–Crippen LogP) is 2.32. The maximum absolute atomic E-state index is 5.65. The van der Waals surface area contributed by atoms with Crippen molar-refractivity contribution in [2.45, 2.75) is 26.6 Å². The fourth-order valence-corrected chi connectivity index (χ4v) is 1.87. The molecule has 0 N–H and O–H groups in total. The van der Waals surface area contributed by atoms with Crippen molar-refractivity contribution in [2.24, 2.45) is 0 Å². The lowest BCUT2D eigenvalue weighted by Gasteiger charge is -2.20. The van der Waals surface area contributed by atoms with Gasteiger partial charge in [-0.2, -0.15) is 0 Å². The number of ether oxygens (including phenoxy) is 2. The van der Waals surface area contributed by atoms with E-state index in [2.05, 4.69) is 19.6 Å². The van der Waals surface area contributed by atoms with Crippen molar-refractivity contribution in [2.75, 3.05) is 14.2 Å². The zero-order chi connectivity index (χ0) is 9.78. The monoisotopic (exact) mass is 190 g/mol. The van der Waals surface area contributed by atoms with E-state index < -0.39 is 8.32 Å². The highest BCUT2D eigenvalue weighted by molar-refractivity contribution is 6.70. The average molecular weight is 190 g/mol.